The maximum absolute atomic E-state index is 11.1. The van der Waals surface area contributed by atoms with Gasteiger partial charge >= 0.3 is 5.97 Å². The minimum absolute atomic E-state index is 0.543. The van der Waals surface area contributed by atoms with E-state index in [2.05, 4.69) is 4.98 Å². The summed E-state index contributed by atoms with van der Waals surface area (Å²) in [4.78, 5) is 15.1. The highest BCUT2D eigenvalue weighted by atomic mass is 16.5. The van der Waals surface area contributed by atoms with Gasteiger partial charge in [0, 0.05) is 18.0 Å². The van der Waals surface area contributed by atoms with E-state index in [4.69, 9.17) is 9.84 Å². The third-order valence-corrected chi connectivity index (χ3v) is 2.76. The lowest BCUT2D eigenvalue weighted by Gasteiger charge is -2.23. The number of ether oxygens (including phenoxy) is 1. The molecule has 2 rings (SSSR count). The van der Waals surface area contributed by atoms with Crippen LogP contribution in [0.2, 0.25) is 0 Å². The maximum Gasteiger partial charge on any atom is 0.347 e. The number of hydrogen-bond donors (Lipinski definition) is 1. The van der Waals surface area contributed by atoms with Crippen molar-refractivity contribution in [3.8, 4) is 16.9 Å². The van der Waals surface area contributed by atoms with Crippen molar-refractivity contribution < 1.29 is 14.6 Å². The average Bonchev–Trinajstić information content (AvgIpc) is 2.40. The van der Waals surface area contributed by atoms with Crippen molar-refractivity contribution in [2.75, 3.05) is 0 Å². The molecule has 0 radical (unpaired) electrons. The number of carboxylic acid groups (broad SMARTS) is 1. The zero-order valence-electron chi connectivity index (χ0n) is 10.8. The van der Waals surface area contributed by atoms with Crippen molar-refractivity contribution in [1.82, 2.24) is 4.98 Å². The maximum atomic E-state index is 11.1. The first-order valence-corrected chi connectivity index (χ1v) is 5.92. The summed E-state index contributed by atoms with van der Waals surface area (Å²) in [6.45, 7) is 3.05. The molecule has 1 aromatic heterocycles. The second-order valence-electron chi connectivity index (χ2n) is 4.65. The molecule has 0 aliphatic carbocycles. The van der Waals surface area contributed by atoms with E-state index in [1.54, 1.807) is 18.5 Å². The Labute approximate surface area is 111 Å². The Morgan fingerprint density at radius 3 is 2.42 bits per heavy atom. The normalized spacial score (nSPS) is 11.1. The molecule has 0 unspecified atom stereocenters. The fourth-order valence-electron chi connectivity index (χ4n) is 1.64. The number of carboxylic acids is 1. The van der Waals surface area contributed by atoms with E-state index in [1.165, 1.54) is 13.8 Å². The molecule has 98 valence electrons. The van der Waals surface area contributed by atoms with Gasteiger partial charge in [-0.3, -0.25) is 4.98 Å². The summed E-state index contributed by atoms with van der Waals surface area (Å²) in [5, 5.41) is 9.13. The molecule has 0 amide bonds. The van der Waals surface area contributed by atoms with Crippen LogP contribution in [0.5, 0.6) is 5.75 Å². The van der Waals surface area contributed by atoms with Crippen molar-refractivity contribution >= 4 is 5.97 Å². The van der Waals surface area contributed by atoms with Gasteiger partial charge in [-0.15, -0.1) is 0 Å². The number of nitrogens with zero attached hydrogens (tertiary/aromatic N) is 1. The van der Waals surface area contributed by atoms with Crippen molar-refractivity contribution in [2.24, 2.45) is 0 Å². The predicted octanol–water partition coefficient (Wildman–Crippen LogP) is 2.99. The number of pyridine rings is 1. The second-order valence-corrected chi connectivity index (χ2v) is 4.65. The SMILES string of the molecule is CC(C)(Oc1ccccc1-c1ccncc1)C(=O)O. The van der Waals surface area contributed by atoms with E-state index in [1.807, 2.05) is 30.3 Å². The summed E-state index contributed by atoms with van der Waals surface area (Å²) in [6, 6.07) is 11.1. The van der Waals surface area contributed by atoms with E-state index in [9.17, 15) is 4.79 Å². The van der Waals surface area contributed by atoms with Crippen molar-refractivity contribution in [2.45, 2.75) is 19.4 Å². The lowest BCUT2D eigenvalue weighted by Crippen LogP contribution is -2.38. The number of carbonyl (C=O) groups is 1. The van der Waals surface area contributed by atoms with Crippen LogP contribution < -0.4 is 4.74 Å². The van der Waals surface area contributed by atoms with Crippen LogP contribution in [-0.2, 0) is 4.79 Å². The van der Waals surface area contributed by atoms with E-state index in [0.29, 0.717) is 5.75 Å². The Balaban J connectivity index is 2.40. The van der Waals surface area contributed by atoms with E-state index in [-0.39, 0.29) is 0 Å². The van der Waals surface area contributed by atoms with Crippen LogP contribution in [-0.4, -0.2) is 21.7 Å². The van der Waals surface area contributed by atoms with E-state index < -0.39 is 11.6 Å². The lowest BCUT2D eigenvalue weighted by molar-refractivity contribution is -0.152. The molecule has 0 saturated heterocycles. The minimum atomic E-state index is -1.27. The average molecular weight is 257 g/mol. The number of benzene rings is 1. The fourth-order valence-corrected chi connectivity index (χ4v) is 1.64. The number of para-hydroxylation sites is 1. The van der Waals surface area contributed by atoms with Gasteiger partial charge < -0.3 is 9.84 Å². The third-order valence-electron chi connectivity index (χ3n) is 2.76. The molecule has 0 saturated carbocycles. The summed E-state index contributed by atoms with van der Waals surface area (Å²) >= 11 is 0. The second kappa shape index (κ2) is 5.10. The Kier molecular flexibility index (Phi) is 3.51. The minimum Gasteiger partial charge on any atom is -0.478 e. The smallest absolute Gasteiger partial charge is 0.347 e. The van der Waals surface area contributed by atoms with Gasteiger partial charge in [-0.25, -0.2) is 4.79 Å². The molecule has 4 heteroatoms. The summed E-state index contributed by atoms with van der Waals surface area (Å²) in [5.41, 5.74) is 0.509. The summed E-state index contributed by atoms with van der Waals surface area (Å²) in [5.74, 6) is -0.460. The first-order chi connectivity index (χ1) is 9.00. The molecule has 0 atom stereocenters. The molecule has 19 heavy (non-hydrogen) atoms. The van der Waals surface area contributed by atoms with Crippen molar-refractivity contribution in [3.63, 3.8) is 0 Å². The van der Waals surface area contributed by atoms with Crippen LogP contribution in [0.25, 0.3) is 11.1 Å². The summed E-state index contributed by atoms with van der Waals surface area (Å²) < 4.78 is 5.63. The number of rotatable bonds is 4. The van der Waals surface area contributed by atoms with Gasteiger partial charge in [0.2, 0.25) is 0 Å². The monoisotopic (exact) mass is 257 g/mol. The topological polar surface area (TPSA) is 59.4 Å². The van der Waals surface area contributed by atoms with E-state index >= 15 is 0 Å². The van der Waals surface area contributed by atoms with Crippen LogP contribution >= 0.6 is 0 Å². The standard InChI is InChI=1S/C15H15NO3/c1-15(2,14(17)18)19-13-6-4-3-5-12(13)11-7-9-16-10-8-11/h3-10H,1-2H3,(H,17,18). The highest BCUT2D eigenvalue weighted by molar-refractivity contribution is 5.78. The Morgan fingerprint density at radius 2 is 1.79 bits per heavy atom. The molecule has 2 aromatic rings. The molecule has 1 heterocycles. The zero-order valence-corrected chi connectivity index (χ0v) is 10.8. The molecule has 0 aliphatic heterocycles. The summed E-state index contributed by atoms with van der Waals surface area (Å²) in [7, 11) is 0. The molecule has 1 aromatic carbocycles. The highest BCUT2D eigenvalue weighted by Crippen LogP contribution is 2.31. The quantitative estimate of drug-likeness (QED) is 0.914. The van der Waals surface area contributed by atoms with Crippen LogP contribution in [0.3, 0.4) is 0 Å². The predicted molar refractivity (Wildman–Crippen MR) is 72.0 cm³/mol. The fraction of sp³-hybridized carbons (Fsp3) is 0.200. The van der Waals surface area contributed by atoms with Gasteiger partial charge in [-0.1, -0.05) is 18.2 Å². The number of aliphatic carboxylic acids is 1. The third kappa shape index (κ3) is 2.91. The lowest BCUT2D eigenvalue weighted by atomic mass is 10.1. The molecular weight excluding hydrogens is 242 g/mol. The Morgan fingerprint density at radius 1 is 1.16 bits per heavy atom. The molecular formula is C15H15NO3. The van der Waals surface area contributed by atoms with Crippen molar-refractivity contribution in [1.29, 1.82) is 0 Å². The molecule has 4 nitrogen and oxygen atoms in total. The summed E-state index contributed by atoms with van der Waals surface area (Å²) in [6.07, 6.45) is 3.38. The van der Waals surface area contributed by atoms with Gasteiger partial charge in [0.15, 0.2) is 5.60 Å². The first kappa shape index (κ1) is 13.1. The molecule has 0 aliphatic rings. The Hall–Kier alpha value is -2.36. The van der Waals surface area contributed by atoms with Gasteiger partial charge in [0.1, 0.15) is 5.75 Å². The molecule has 0 spiro atoms. The molecule has 1 N–H and O–H groups in total. The van der Waals surface area contributed by atoms with Crippen LogP contribution in [0.15, 0.2) is 48.8 Å². The largest absolute Gasteiger partial charge is 0.478 e. The molecule has 0 fully saturated rings. The van der Waals surface area contributed by atoms with Crippen molar-refractivity contribution in [3.05, 3.63) is 48.8 Å². The van der Waals surface area contributed by atoms with Gasteiger partial charge in [-0.05, 0) is 37.6 Å². The van der Waals surface area contributed by atoms with Crippen LogP contribution in [0, 0.1) is 0 Å². The van der Waals surface area contributed by atoms with Crippen LogP contribution in [0.1, 0.15) is 13.8 Å². The zero-order chi connectivity index (χ0) is 13.9. The van der Waals surface area contributed by atoms with E-state index in [0.717, 1.165) is 11.1 Å². The van der Waals surface area contributed by atoms with Gasteiger partial charge in [-0.2, -0.15) is 0 Å². The van der Waals surface area contributed by atoms with Crippen LogP contribution in [0.4, 0.5) is 0 Å². The Bertz CT molecular complexity index is 579. The molecule has 0 bridgehead atoms. The van der Waals surface area contributed by atoms with Gasteiger partial charge in [0.05, 0.1) is 0 Å². The number of aromatic nitrogens is 1. The first-order valence-electron chi connectivity index (χ1n) is 5.92. The highest BCUT2D eigenvalue weighted by Gasteiger charge is 2.30. The number of hydrogen-bond acceptors (Lipinski definition) is 3. The van der Waals surface area contributed by atoms with Gasteiger partial charge in [0.25, 0.3) is 0 Å².